The molecule has 106 valence electrons. The number of hydrogen-bond donors (Lipinski definition) is 2. The Labute approximate surface area is 138 Å². The first-order chi connectivity index (χ1) is 9.51. The summed E-state index contributed by atoms with van der Waals surface area (Å²) >= 11 is 12.6. The van der Waals surface area contributed by atoms with Crippen LogP contribution in [0.1, 0.15) is 17.2 Å². The van der Waals surface area contributed by atoms with Crippen molar-refractivity contribution in [2.45, 2.75) is 12.5 Å². The molecule has 2 aromatic carbocycles. The Morgan fingerprint density at radius 2 is 1.95 bits per heavy atom. The van der Waals surface area contributed by atoms with Crippen molar-refractivity contribution in [1.29, 1.82) is 0 Å². The first-order valence-corrected chi connectivity index (χ1v) is 7.82. The van der Waals surface area contributed by atoms with Crippen molar-refractivity contribution in [3.63, 3.8) is 0 Å². The van der Waals surface area contributed by atoms with E-state index in [0.29, 0.717) is 21.5 Å². The Hall–Kier alpha value is -0.460. The summed E-state index contributed by atoms with van der Waals surface area (Å²) in [7, 11) is 0. The molecular formula is C14H12Br2ClFN2. The van der Waals surface area contributed by atoms with Gasteiger partial charge in [-0.05, 0) is 41.8 Å². The lowest BCUT2D eigenvalue weighted by Gasteiger charge is -2.18. The second-order valence-electron chi connectivity index (χ2n) is 4.32. The molecule has 0 aliphatic carbocycles. The zero-order valence-corrected chi connectivity index (χ0v) is 14.3. The summed E-state index contributed by atoms with van der Waals surface area (Å²) in [5.74, 6) is 5.34. The lowest BCUT2D eigenvalue weighted by molar-refractivity contribution is 0.527. The van der Waals surface area contributed by atoms with Crippen molar-refractivity contribution >= 4 is 43.5 Å². The van der Waals surface area contributed by atoms with Crippen LogP contribution in [0.2, 0.25) is 5.02 Å². The monoisotopic (exact) mass is 420 g/mol. The Morgan fingerprint density at radius 3 is 2.55 bits per heavy atom. The summed E-state index contributed by atoms with van der Waals surface area (Å²) < 4.78 is 15.4. The summed E-state index contributed by atoms with van der Waals surface area (Å²) in [6.45, 7) is 0. The summed E-state index contributed by atoms with van der Waals surface area (Å²) in [6, 6.07) is 10.2. The number of benzene rings is 2. The van der Waals surface area contributed by atoms with Crippen molar-refractivity contribution in [3.8, 4) is 0 Å². The maximum Gasteiger partial charge on any atom is 0.127 e. The molecule has 0 heterocycles. The first-order valence-electron chi connectivity index (χ1n) is 5.86. The van der Waals surface area contributed by atoms with E-state index in [1.807, 2.05) is 12.1 Å². The zero-order chi connectivity index (χ0) is 14.7. The van der Waals surface area contributed by atoms with E-state index < -0.39 is 0 Å². The molecule has 0 fully saturated rings. The van der Waals surface area contributed by atoms with Gasteiger partial charge < -0.3 is 0 Å². The molecule has 0 spiro atoms. The van der Waals surface area contributed by atoms with Gasteiger partial charge in [-0.15, -0.1) is 0 Å². The fourth-order valence-corrected chi connectivity index (χ4v) is 3.24. The van der Waals surface area contributed by atoms with Crippen LogP contribution in [0.15, 0.2) is 45.3 Å². The second-order valence-corrected chi connectivity index (χ2v) is 6.53. The van der Waals surface area contributed by atoms with Crippen LogP contribution in [-0.4, -0.2) is 0 Å². The number of hydrazine groups is 1. The van der Waals surface area contributed by atoms with Crippen molar-refractivity contribution < 1.29 is 4.39 Å². The van der Waals surface area contributed by atoms with E-state index >= 15 is 0 Å². The lowest BCUT2D eigenvalue weighted by Crippen LogP contribution is -2.30. The van der Waals surface area contributed by atoms with Gasteiger partial charge in [-0.2, -0.15) is 0 Å². The van der Waals surface area contributed by atoms with Crippen molar-refractivity contribution in [1.82, 2.24) is 5.43 Å². The van der Waals surface area contributed by atoms with E-state index in [2.05, 4.69) is 37.3 Å². The van der Waals surface area contributed by atoms with Crippen molar-refractivity contribution in [3.05, 3.63) is 67.3 Å². The first kappa shape index (κ1) is 15.9. The van der Waals surface area contributed by atoms with E-state index in [1.165, 1.54) is 6.07 Å². The molecule has 2 aromatic rings. The van der Waals surface area contributed by atoms with Crippen LogP contribution in [-0.2, 0) is 6.42 Å². The third-order valence-corrected chi connectivity index (χ3v) is 4.39. The quantitative estimate of drug-likeness (QED) is 0.551. The highest BCUT2D eigenvalue weighted by molar-refractivity contribution is 9.10. The number of halogens is 4. The number of nitrogens with one attached hydrogen (secondary N) is 1. The maximum atomic E-state index is 13.9. The smallest absolute Gasteiger partial charge is 0.127 e. The largest absolute Gasteiger partial charge is 0.271 e. The van der Waals surface area contributed by atoms with Gasteiger partial charge in [0.1, 0.15) is 5.82 Å². The molecule has 0 bridgehead atoms. The SMILES string of the molecule is NNC(Cc1ccc(Br)cc1F)c1ccc(Cl)cc1Br. The molecule has 1 unspecified atom stereocenters. The zero-order valence-electron chi connectivity index (χ0n) is 10.3. The summed E-state index contributed by atoms with van der Waals surface area (Å²) in [4.78, 5) is 0. The van der Waals surface area contributed by atoms with Crippen LogP contribution in [0.3, 0.4) is 0 Å². The Bertz CT molecular complexity index is 622. The molecule has 0 radical (unpaired) electrons. The third-order valence-electron chi connectivity index (χ3n) is 2.98. The van der Waals surface area contributed by atoms with Gasteiger partial charge in [0, 0.05) is 14.0 Å². The van der Waals surface area contributed by atoms with E-state index in [-0.39, 0.29) is 11.9 Å². The molecule has 2 rings (SSSR count). The minimum atomic E-state index is -0.260. The Balaban J connectivity index is 2.28. The van der Waals surface area contributed by atoms with Gasteiger partial charge in [-0.3, -0.25) is 11.3 Å². The Morgan fingerprint density at radius 1 is 1.20 bits per heavy atom. The van der Waals surface area contributed by atoms with Crippen LogP contribution in [0.25, 0.3) is 0 Å². The molecule has 20 heavy (non-hydrogen) atoms. The summed E-state index contributed by atoms with van der Waals surface area (Å²) in [5, 5.41) is 0.631. The molecule has 3 N–H and O–H groups in total. The fourth-order valence-electron chi connectivity index (χ4n) is 1.95. The number of hydrogen-bond acceptors (Lipinski definition) is 2. The molecule has 0 aromatic heterocycles. The molecular weight excluding hydrogens is 410 g/mol. The molecule has 0 saturated heterocycles. The van der Waals surface area contributed by atoms with Crippen LogP contribution >= 0.6 is 43.5 Å². The summed E-state index contributed by atoms with van der Waals surface area (Å²) in [6.07, 6.45) is 0.440. The number of nitrogens with two attached hydrogens (primary N) is 1. The highest BCUT2D eigenvalue weighted by atomic mass is 79.9. The predicted octanol–water partition coefficient (Wildman–Crippen LogP) is 4.75. The van der Waals surface area contributed by atoms with Gasteiger partial charge in [0.05, 0.1) is 6.04 Å². The number of rotatable bonds is 4. The van der Waals surface area contributed by atoms with Gasteiger partial charge >= 0.3 is 0 Å². The molecule has 0 saturated carbocycles. The lowest BCUT2D eigenvalue weighted by atomic mass is 9.99. The second kappa shape index (κ2) is 7.00. The van der Waals surface area contributed by atoms with E-state index in [9.17, 15) is 4.39 Å². The van der Waals surface area contributed by atoms with Gasteiger partial charge in [-0.25, -0.2) is 4.39 Å². The van der Waals surface area contributed by atoms with Crippen LogP contribution in [0.5, 0.6) is 0 Å². The molecule has 0 amide bonds. The average Bonchev–Trinajstić information content (AvgIpc) is 2.39. The van der Waals surface area contributed by atoms with Crippen molar-refractivity contribution in [2.75, 3.05) is 0 Å². The Kier molecular flexibility index (Phi) is 5.57. The summed E-state index contributed by atoms with van der Waals surface area (Å²) in [5.41, 5.74) is 4.24. The minimum Gasteiger partial charge on any atom is -0.271 e. The molecule has 0 aliphatic rings. The van der Waals surface area contributed by atoms with Crippen molar-refractivity contribution in [2.24, 2.45) is 5.84 Å². The molecule has 6 heteroatoms. The van der Waals surface area contributed by atoms with E-state index in [4.69, 9.17) is 17.4 Å². The van der Waals surface area contributed by atoms with E-state index in [1.54, 1.807) is 18.2 Å². The molecule has 2 nitrogen and oxygen atoms in total. The standard InChI is InChI=1S/C14H12Br2ClFN2/c15-9-2-1-8(13(18)6-9)5-14(20-19)11-4-3-10(17)7-12(11)16/h1-4,6-7,14,20H,5,19H2. The predicted molar refractivity (Wildman–Crippen MR) is 87.0 cm³/mol. The van der Waals surface area contributed by atoms with Gasteiger partial charge in [0.25, 0.3) is 0 Å². The van der Waals surface area contributed by atoms with Gasteiger partial charge in [0.15, 0.2) is 0 Å². The maximum absolute atomic E-state index is 13.9. The highest BCUT2D eigenvalue weighted by Gasteiger charge is 2.16. The normalized spacial score (nSPS) is 12.4. The van der Waals surface area contributed by atoms with Gasteiger partial charge in [-0.1, -0.05) is 55.6 Å². The molecule has 0 aliphatic heterocycles. The van der Waals surface area contributed by atoms with Crippen LogP contribution in [0.4, 0.5) is 4.39 Å². The fraction of sp³-hybridized carbons (Fsp3) is 0.143. The molecule has 1 atom stereocenters. The topological polar surface area (TPSA) is 38.0 Å². The average molecular weight is 423 g/mol. The third kappa shape index (κ3) is 3.80. The minimum absolute atomic E-state index is 0.211. The highest BCUT2D eigenvalue weighted by Crippen LogP contribution is 2.29. The van der Waals surface area contributed by atoms with E-state index in [0.717, 1.165) is 10.0 Å². The van der Waals surface area contributed by atoms with Crippen LogP contribution in [0, 0.1) is 5.82 Å². The van der Waals surface area contributed by atoms with Gasteiger partial charge in [0.2, 0.25) is 0 Å². The van der Waals surface area contributed by atoms with Crippen LogP contribution < -0.4 is 11.3 Å².